The minimum Gasteiger partial charge on any atom is -0.385 e. The van der Waals surface area contributed by atoms with Crippen LogP contribution < -0.4 is 20.9 Å². The number of methoxy groups -OCH3 is 1. The van der Waals surface area contributed by atoms with Gasteiger partial charge in [-0.2, -0.15) is 0 Å². The molecule has 0 aliphatic heterocycles. The van der Waals surface area contributed by atoms with Crippen LogP contribution >= 0.6 is 0 Å². The fourth-order valence-electron chi connectivity index (χ4n) is 3.55. The molecule has 0 atom stereocenters. The van der Waals surface area contributed by atoms with Gasteiger partial charge in [-0.25, -0.2) is 0 Å². The highest BCUT2D eigenvalue weighted by atomic mass is 16.5. The maximum absolute atomic E-state index is 12.9. The summed E-state index contributed by atoms with van der Waals surface area (Å²) in [6.45, 7) is 3.68. The highest BCUT2D eigenvalue weighted by Crippen LogP contribution is 2.18. The Morgan fingerprint density at radius 1 is 0.833 bits per heavy atom. The molecule has 3 aromatic carbocycles. The van der Waals surface area contributed by atoms with Crippen LogP contribution in [0.25, 0.3) is 0 Å². The monoisotopic (exact) mass is 488 g/mol. The summed E-state index contributed by atoms with van der Waals surface area (Å²) in [5, 5.41) is 8.69. The minimum absolute atomic E-state index is 0.0564. The van der Waals surface area contributed by atoms with E-state index in [0.717, 1.165) is 17.8 Å². The molecular weight excluding hydrogens is 456 g/mol. The Kier molecular flexibility index (Phi) is 10.0. The van der Waals surface area contributed by atoms with Crippen LogP contribution in [0.1, 0.15) is 34.1 Å². The Balaban J connectivity index is 1.48. The van der Waals surface area contributed by atoms with Gasteiger partial charge in [0.05, 0.1) is 6.54 Å². The number of ether oxygens (including phenoxy) is 1. The second-order valence-electron chi connectivity index (χ2n) is 8.04. The first-order valence-electron chi connectivity index (χ1n) is 11.9. The Labute approximate surface area is 211 Å². The maximum Gasteiger partial charge on any atom is 0.258 e. The highest BCUT2D eigenvalue weighted by Gasteiger charge is 2.16. The number of nitrogens with zero attached hydrogens (tertiary/aromatic N) is 1. The van der Waals surface area contributed by atoms with E-state index in [1.165, 1.54) is 0 Å². The standard InChI is InChI=1S/C28H32N4O4/c1-3-32(25-8-5-4-6-9-25)28(35)22-12-16-24(17-13-22)31-26(33)20-30-23-14-10-21(11-15-23)27(34)29-18-7-19-36-2/h4-6,8-17,30H,3,7,18-20H2,1-2H3,(H,29,34)(H,31,33). The van der Waals surface area contributed by atoms with Crippen molar-refractivity contribution in [2.75, 3.05) is 48.9 Å². The van der Waals surface area contributed by atoms with E-state index >= 15 is 0 Å². The smallest absolute Gasteiger partial charge is 0.258 e. The van der Waals surface area contributed by atoms with Gasteiger partial charge in [0.15, 0.2) is 0 Å². The van der Waals surface area contributed by atoms with Crippen LogP contribution in [0, 0.1) is 0 Å². The Bertz CT molecular complexity index is 1130. The van der Waals surface area contributed by atoms with Gasteiger partial charge in [0.25, 0.3) is 11.8 Å². The first-order chi connectivity index (χ1) is 17.5. The Morgan fingerprint density at radius 3 is 2.11 bits per heavy atom. The molecule has 8 nitrogen and oxygen atoms in total. The SMILES string of the molecule is CCN(C(=O)c1ccc(NC(=O)CNc2ccc(C(=O)NCCCOC)cc2)cc1)c1ccccc1. The molecule has 0 saturated heterocycles. The Hall–Kier alpha value is -4.17. The summed E-state index contributed by atoms with van der Waals surface area (Å²) in [6.07, 6.45) is 0.751. The quantitative estimate of drug-likeness (QED) is 0.332. The fraction of sp³-hybridized carbons (Fsp3) is 0.250. The molecule has 0 radical (unpaired) electrons. The summed E-state index contributed by atoms with van der Waals surface area (Å²) in [4.78, 5) is 39.1. The lowest BCUT2D eigenvalue weighted by molar-refractivity contribution is -0.114. The first-order valence-corrected chi connectivity index (χ1v) is 11.9. The molecule has 0 spiro atoms. The van der Waals surface area contributed by atoms with Crippen molar-refractivity contribution in [3.63, 3.8) is 0 Å². The number of benzene rings is 3. The van der Waals surface area contributed by atoms with Crippen molar-refractivity contribution < 1.29 is 19.1 Å². The second-order valence-corrected chi connectivity index (χ2v) is 8.04. The molecule has 0 unspecified atom stereocenters. The number of carbonyl (C=O) groups is 3. The van der Waals surface area contributed by atoms with Crippen LogP contribution in [0.3, 0.4) is 0 Å². The number of anilines is 3. The molecular formula is C28H32N4O4. The van der Waals surface area contributed by atoms with Crippen molar-refractivity contribution in [3.05, 3.63) is 90.0 Å². The zero-order chi connectivity index (χ0) is 25.8. The van der Waals surface area contributed by atoms with Gasteiger partial charge in [-0.3, -0.25) is 14.4 Å². The van der Waals surface area contributed by atoms with E-state index in [4.69, 9.17) is 4.74 Å². The summed E-state index contributed by atoms with van der Waals surface area (Å²) < 4.78 is 4.96. The van der Waals surface area contributed by atoms with E-state index in [9.17, 15) is 14.4 Å². The summed E-state index contributed by atoms with van der Waals surface area (Å²) in [5.74, 6) is -0.480. The third kappa shape index (κ3) is 7.68. The number of amides is 3. The zero-order valence-electron chi connectivity index (χ0n) is 20.6. The molecule has 0 fully saturated rings. The van der Waals surface area contributed by atoms with Crippen molar-refractivity contribution in [2.24, 2.45) is 0 Å². The van der Waals surface area contributed by atoms with Crippen molar-refractivity contribution in [2.45, 2.75) is 13.3 Å². The summed E-state index contributed by atoms with van der Waals surface area (Å²) in [6, 6.07) is 23.3. The molecule has 0 heterocycles. The lowest BCUT2D eigenvalue weighted by atomic mass is 10.1. The van der Waals surface area contributed by atoms with Crippen molar-refractivity contribution in [1.82, 2.24) is 5.32 Å². The van der Waals surface area contributed by atoms with Gasteiger partial charge >= 0.3 is 0 Å². The maximum atomic E-state index is 12.9. The normalized spacial score (nSPS) is 10.4. The predicted molar refractivity (Wildman–Crippen MR) is 143 cm³/mol. The molecule has 3 N–H and O–H groups in total. The molecule has 3 amide bonds. The van der Waals surface area contributed by atoms with Crippen LogP contribution in [-0.4, -0.2) is 51.1 Å². The molecule has 0 aliphatic carbocycles. The number of rotatable bonds is 12. The lowest BCUT2D eigenvalue weighted by Crippen LogP contribution is -2.30. The molecule has 3 aromatic rings. The Morgan fingerprint density at radius 2 is 1.47 bits per heavy atom. The largest absolute Gasteiger partial charge is 0.385 e. The summed E-state index contributed by atoms with van der Waals surface area (Å²) in [5.41, 5.74) is 3.25. The average Bonchev–Trinajstić information content (AvgIpc) is 2.91. The number of para-hydroxylation sites is 1. The zero-order valence-corrected chi connectivity index (χ0v) is 20.6. The number of hydrogen-bond acceptors (Lipinski definition) is 5. The molecule has 3 rings (SSSR count). The third-order valence-electron chi connectivity index (χ3n) is 5.46. The summed E-state index contributed by atoms with van der Waals surface area (Å²) >= 11 is 0. The van der Waals surface area contributed by atoms with Crippen LogP contribution in [0.2, 0.25) is 0 Å². The highest BCUT2D eigenvalue weighted by molar-refractivity contribution is 6.06. The molecule has 0 aromatic heterocycles. The molecule has 36 heavy (non-hydrogen) atoms. The van der Waals surface area contributed by atoms with Crippen LogP contribution in [-0.2, 0) is 9.53 Å². The number of hydrogen-bond donors (Lipinski definition) is 3. The molecule has 0 saturated carbocycles. The van der Waals surface area contributed by atoms with Gasteiger partial charge in [0.1, 0.15) is 0 Å². The van der Waals surface area contributed by atoms with E-state index < -0.39 is 0 Å². The predicted octanol–water partition coefficient (Wildman–Crippen LogP) is 4.17. The van der Waals surface area contributed by atoms with Gasteiger partial charge in [0.2, 0.25) is 5.91 Å². The van der Waals surface area contributed by atoms with Gasteiger partial charge in [0, 0.05) is 55.0 Å². The van der Waals surface area contributed by atoms with E-state index in [-0.39, 0.29) is 24.3 Å². The van der Waals surface area contributed by atoms with Crippen molar-refractivity contribution in [3.8, 4) is 0 Å². The third-order valence-corrected chi connectivity index (χ3v) is 5.46. The van der Waals surface area contributed by atoms with E-state index in [2.05, 4.69) is 16.0 Å². The molecule has 8 heteroatoms. The van der Waals surface area contributed by atoms with Crippen LogP contribution in [0.4, 0.5) is 17.1 Å². The molecule has 188 valence electrons. The van der Waals surface area contributed by atoms with Crippen LogP contribution in [0.5, 0.6) is 0 Å². The molecule has 0 bridgehead atoms. The fourth-order valence-corrected chi connectivity index (χ4v) is 3.55. The first kappa shape index (κ1) is 26.4. The van der Waals surface area contributed by atoms with E-state index in [0.29, 0.717) is 36.5 Å². The van der Waals surface area contributed by atoms with E-state index in [1.54, 1.807) is 60.5 Å². The summed E-state index contributed by atoms with van der Waals surface area (Å²) in [7, 11) is 1.62. The van der Waals surface area contributed by atoms with Gasteiger partial charge in [-0.15, -0.1) is 0 Å². The van der Waals surface area contributed by atoms with Crippen LogP contribution in [0.15, 0.2) is 78.9 Å². The van der Waals surface area contributed by atoms with Crippen molar-refractivity contribution >= 4 is 34.8 Å². The van der Waals surface area contributed by atoms with Gasteiger partial charge in [-0.1, -0.05) is 18.2 Å². The van der Waals surface area contributed by atoms with Crippen molar-refractivity contribution in [1.29, 1.82) is 0 Å². The second kappa shape index (κ2) is 13.7. The van der Waals surface area contributed by atoms with Gasteiger partial charge in [-0.05, 0) is 74.0 Å². The topological polar surface area (TPSA) is 99.8 Å². The minimum atomic E-state index is -0.228. The van der Waals surface area contributed by atoms with Gasteiger partial charge < -0.3 is 25.6 Å². The number of carbonyl (C=O) groups excluding carboxylic acids is 3. The molecule has 0 aliphatic rings. The lowest BCUT2D eigenvalue weighted by Gasteiger charge is -2.21. The van der Waals surface area contributed by atoms with E-state index in [1.807, 2.05) is 37.3 Å². The average molecular weight is 489 g/mol. The number of nitrogens with one attached hydrogen (secondary N) is 3.